The van der Waals surface area contributed by atoms with Crippen LogP contribution in [0.5, 0.6) is 0 Å². The van der Waals surface area contributed by atoms with Gasteiger partial charge < -0.3 is 0 Å². The van der Waals surface area contributed by atoms with Crippen molar-refractivity contribution in [3.05, 3.63) is 0 Å². The quantitative estimate of drug-likeness (QED) is 0.617. The van der Waals surface area contributed by atoms with E-state index in [1.165, 1.54) is 7.11 Å². The third kappa shape index (κ3) is 6.53. The monoisotopic (exact) mass is 182 g/mol. The van der Waals surface area contributed by atoms with Crippen molar-refractivity contribution in [1.29, 1.82) is 0 Å². The first-order valence-electron chi connectivity index (χ1n) is 1.95. The number of hydrogen-bond donors (Lipinski definition) is 0. The topological polar surface area (TPSA) is 35.5 Å². The average Bonchev–Trinajstić information content (AvgIpc) is 1.68. The summed E-state index contributed by atoms with van der Waals surface area (Å²) in [4.78, 5) is 0. The first-order valence-corrected chi connectivity index (χ1v) is 3.05. The smallest absolute Gasteiger partial charge is 0.122 e. The summed E-state index contributed by atoms with van der Waals surface area (Å²) in [5.74, 6) is 0. The zero-order valence-electron chi connectivity index (χ0n) is 4.71. The molecular formula is C3H8CoO3P+. The van der Waals surface area contributed by atoms with E-state index in [1.807, 2.05) is 0 Å². The van der Waals surface area contributed by atoms with Crippen LogP contribution in [0.3, 0.4) is 0 Å². The molecule has 0 amide bonds. The fraction of sp³-hybridized carbons (Fsp3) is 1.00. The normalized spacial score (nSPS) is 10.0. The second-order valence-electron chi connectivity index (χ2n) is 0.824. The van der Waals surface area contributed by atoms with Crippen LogP contribution in [0.2, 0.25) is 0 Å². The molecule has 1 unspecified atom stereocenters. The Labute approximate surface area is 59.9 Å². The molecular weight excluding hydrogens is 174 g/mol. The van der Waals surface area contributed by atoms with Gasteiger partial charge >= 0.3 is 8.25 Å². The predicted octanol–water partition coefficient (Wildman–Crippen LogP) is 1.32. The van der Waals surface area contributed by atoms with E-state index in [4.69, 9.17) is 0 Å². The van der Waals surface area contributed by atoms with Gasteiger partial charge in [0.1, 0.15) is 6.61 Å². The molecule has 0 aliphatic carbocycles. The van der Waals surface area contributed by atoms with E-state index in [0.29, 0.717) is 6.61 Å². The fourth-order valence-electron chi connectivity index (χ4n) is 0.158. The van der Waals surface area contributed by atoms with Gasteiger partial charge in [0.2, 0.25) is 0 Å². The molecule has 0 saturated heterocycles. The van der Waals surface area contributed by atoms with Gasteiger partial charge in [0, 0.05) is 21.3 Å². The first-order chi connectivity index (χ1) is 3.31. The molecule has 0 N–H and O–H groups in total. The maximum atomic E-state index is 10.1. The maximum absolute atomic E-state index is 10.1. The fourth-order valence-corrected chi connectivity index (χ4v) is 0.474. The summed E-state index contributed by atoms with van der Waals surface area (Å²) in [5.41, 5.74) is 0. The molecule has 0 heterocycles. The van der Waals surface area contributed by atoms with Crippen molar-refractivity contribution in [1.82, 2.24) is 0 Å². The Morgan fingerprint density at radius 2 is 2.12 bits per heavy atom. The molecule has 0 fully saturated rings. The summed E-state index contributed by atoms with van der Waals surface area (Å²) in [7, 11) is -0.487. The molecule has 0 aromatic heterocycles. The van der Waals surface area contributed by atoms with Crippen LogP contribution in [0.1, 0.15) is 6.92 Å². The van der Waals surface area contributed by atoms with Crippen molar-refractivity contribution in [3.8, 4) is 0 Å². The second kappa shape index (κ2) is 7.53. The second-order valence-corrected chi connectivity index (χ2v) is 1.89. The molecule has 3 nitrogen and oxygen atoms in total. The van der Waals surface area contributed by atoms with E-state index in [-0.39, 0.29) is 16.8 Å². The number of hydrogen-bond acceptors (Lipinski definition) is 3. The van der Waals surface area contributed by atoms with Gasteiger partial charge in [-0.3, -0.25) is 0 Å². The maximum Gasteiger partial charge on any atom is 0.697 e. The standard InChI is InChI=1S/C3H8O3P.Co/c1-3-6-7(4)5-2;/h3H2,1-2H3;/q+1;. The van der Waals surface area contributed by atoms with Crippen molar-refractivity contribution in [3.63, 3.8) is 0 Å². The van der Waals surface area contributed by atoms with Crippen LogP contribution in [-0.4, -0.2) is 13.7 Å². The Morgan fingerprint density at radius 1 is 1.62 bits per heavy atom. The van der Waals surface area contributed by atoms with Gasteiger partial charge in [-0.15, -0.1) is 9.05 Å². The Balaban J connectivity index is 0. The molecule has 0 bridgehead atoms. The van der Waals surface area contributed by atoms with Gasteiger partial charge in [-0.25, -0.2) is 0 Å². The van der Waals surface area contributed by atoms with Crippen LogP contribution in [0, 0.1) is 0 Å². The molecule has 0 saturated carbocycles. The van der Waals surface area contributed by atoms with E-state index in [2.05, 4.69) is 9.05 Å². The molecule has 0 rings (SSSR count). The minimum absolute atomic E-state index is 0. The van der Waals surface area contributed by atoms with Gasteiger partial charge in [0.25, 0.3) is 0 Å². The van der Waals surface area contributed by atoms with E-state index in [0.717, 1.165) is 0 Å². The third-order valence-corrected chi connectivity index (χ3v) is 1.15. The SMILES string of the molecule is CCO[P+](=O)OC.[Co]. The Kier molecular flexibility index (Phi) is 10.7. The molecule has 0 aromatic carbocycles. The Morgan fingerprint density at radius 3 is 2.25 bits per heavy atom. The first kappa shape index (κ1) is 11.3. The van der Waals surface area contributed by atoms with Crippen LogP contribution < -0.4 is 0 Å². The van der Waals surface area contributed by atoms with Crippen molar-refractivity contribution in [2.75, 3.05) is 13.7 Å². The minimum Gasteiger partial charge on any atom is -0.122 e. The molecule has 0 aromatic rings. The van der Waals surface area contributed by atoms with E-state index in [1.54, 1.807) is 6.92 Å². The van der Waals surface area contributed by atoms with Crippen molar-refractivity contribution >= 4 is 8.25 Å². The van der Waals surface area contributed by atoms with E-state index in [9.17, 15) is 4.57 Å². The molecule has 1 radical (unpaired) electrons. The summed E-state index contributed by atoms with van der Waals surface area (Å²) in [5, 5.41) is 0. The molecule has 0 spiro atoms. The summed E-state index contributed by atoms with van der Waals surface area (Å²) < 4.78 is 18.9. The van der Waals surface area contributed by atoms with Crippen LogP contribution >= 0.6 is 8.25 Å². The van der Waals surface area contributed by atoms with Crippen molar-refractivity contribution in [2.45, 2.75) is 6.92 Å². The predicted molar refractivity (Wildman–Crippen MR) is 26.2 cm³/mol. The Bertz CT molecular complexity index is 67.5. The third-order valence-electron chi connectivity index (χ3n) is 0.384. The molecule has 1 atom stereocenters. The molecule has 0 aliphatic rings. The van der Waals surface area contributed by atoms with Gasteiger partial charge in [-0.1, -0.05) is 0 Å². The summed E-state index contributed by atoms with van der Waals surface area (Å²) >= 11 is 0. The van der Waals surface area contributed by atoms with Crippen LogP contribution in [0.15, 0.2) is 0 Å². The van der Waals surface area contributed by atoms with Crippen LogP contribution in [0.25, 0.3) is 0 Å². The molecule has 0 aliphatic heterocycles. The van der Waals surface area contributed by atoms with Gasteiger partial charge in [-0.2, -0.15) is 0 Å². The average molecular weight is 182 g/mol. The van der Waals surface area contributed by atoms with Crippen molar-refractivity contribution in [2.24, 2.45) is 0 Å². The van der Waals surface area contributed by atoms with E-state index >= 15 is 0 Å². The minimum atomic E-state index is -1.83. The summed E-state index contributed by atoms with van der Waals surface area (Å²) in [6.45, 7) is 2.19. The number of rotatable bonds is 3. The van der Waals surface area contributed by atoms with Gasteiger partial charge in [0.05, 0.1) is 7.11 Å². The zero-order chi connectivity index (χ0) is 5.70. The van der Waals surface area contributed by atoms with Crippen LogP contribution in [-0.2, 0) is 30.4 Å². The Hall–Kier alpha value is 0.526. The summed E-state index contributed by atoms with van der Waals surface area (Å²) in [6.07, 6.45) is 0. The summed E-state index contributed by atoms with van der Waals surface area (Å²) in [6, 6.07) is 0. The van der Waals surface area contributed by atoms with E-state index < -0.39 is 8.25 Å². The van der Waals surface area contributed by atoms with Crippen molar-refractivity contribution < 1.29 is 30.4 Å². The van der Waals surface area contributed by atoms with Gasteiger partial charge in [-0.05, 0) is 6.92 Å². The van der Waals surface area contributed by atoms with Crippen LogP contribution in [0.4, 0.5) is 0 Å². The largest absolute Gasteiger partial charge is 0.697 e. The molecule has 5 heteroatoms. The molecule has 8 heavy (non-hydrogen) atoms. The molecule has 51 valence electrons. The zero-order valence-corrected chi connectivity index (χ0v) is 6.65. The van der Waals surface area contributed by atoms with Gasteiger partial charge in [0.15, 0.2) is 0 Å².